The van der Waals surface area contributed by atoms with Crippen LogP contribution in [0.1, 0.15) is 18.1 Å². The van der Waals surface area contributed by atoms with Gasteiger partial charge >= 0.3 is 0 Å². The quantitative estimate of drug-likeness (QED) is 0.324. The topological polar surface area (TPSA) is 81.2 Å². The second kappa shape index (κ2) is 6.09. The minimum Gasteiger partial charge on any atom is -0.329 e. The lowest BCUT2D eigenvalue weighted by Crippen LogP contribution is -2.23. The number of hydrogen-bond acceptors (Lipinski definition) is 4. The highest BCUT2D eigenvalue weighted by atomic mass is 16.6. The van der Waals surface area contributed by atoms with Crippen LogP contribution in [-0.2, 0) is 6.54 Å². The fourth-order valence-corrected chi connectivity index (χ4v) is 1.45. The number of nitrogens with one attached hydrogen (secondary N) is 1. The van der Waals surface area contributed by atoms with Crippen LogP contribution in [0.25, 0.3) is 0 Å². The third-order valence-corrected chi connectivity index (χ3v) is 2.32. The van der Waals surface area contributed by atoms with E-state index in [0.29, 0.717) is 25.2 Å². The predicted molar refractivity (Wildman–Crippen MR) is 62.2 cm³/mol. The van der Waals surface area contributed by atoms with Crippen molar-refractivity contribution in [1.82, 2.24) is 5.32 Å². The van der Waals surface area contributed by atoms with Crippen molar-refractivity contribution in [1.29, 1.82) is 0 Å². The van der Waals surface area contributed by atoms with Crippen LogP contribution in [0.2, 0.25) is 0 Å². The van der Waals surface area contributed by atoms with Gasteiger partial charge in [0.05, 0.1) is 0 Å². The van der Waals surface area contributed by atoms with E-state index in [0.717, 1.165) is 5.56 Å². The Hall–Kier alpha value is -1.59. The molecule has 88 valence electrons. The minimum atomic E-state index is -0.359. The smallest absolute Gasteiger partial charge is 0.146 e. The lowest BCUT2D eigenvalue weighted by molar-refractivity contribution is -0.456. The van der Waals surface area contributed by atoms with Crippen LogP contribution in [-0.4, -0.2) is 18.0 Å². The first kappa shape index (κ1) is 12.5. The van der Waals surface area contributed by atoms with Crippen molar-refractivity contribution in [2.24, 2.45) is 5.73 Å². The van der Waals surface area contributed by atoms with Crippen LogP contribution in [0, 0.1) is 16.2 Å². The summed E-state index contributed by atoms with van der Waals surface area (Å²) in [5.74, 6) is 0. The van der Waals surface area contributed by atoms with Crippen molar-refractivity contribution in [2.75, 3.05) is 13.1 Å². The number of hydrogen-bond donors (Lipinski definition) is 2. The van der Waals surface area contributed by atoms with Gasteiger partial charge in [-0.1, -0.05) is 6.07 Å². The summed E-state index contributed by atoms with van der Waals surface area (Å²) in [4.78, 5) is 10.4. The Balaban J connectivity index is 2.79. The van der Waals surface area contributed by atoms with Crippen LogP contribution in [0.4, 0.5) is 0 Å². The zero-order chi connectivity index (χ0) is 12.0. The van der Waals surface area contributed by atoms with Crippen molar-refractivity contribution in [2.45, 2.75) is 13.5 Å². The van der Waals surface area contributed by atoms with Gasteiger partial charge in [-0.2, -0.15) is 6.07 Å². The standard InChI is InChI=1S/C11H16N3O2/c1-9(14(15)16)11-5-3-2-4-10(11)8-13-7-6-12/h2-5,13H,6-8,12H2,1H3/q-1. The van der Waals surface area contributed by atoms with E-state index >= 15 is 0 Å². The molecule has 16 heavy (non-hydrogen) atoms. The molecule has 5 heteroatoms. The zero-order valence-corrected chi connectivity index (χ0v) is 9.27. The Bertz CT molecular complexity index is 355. The highest BCUT2D eigenvalue weighted by Gasteiger charge is 2.10. The molecule has 1 aromatic carbocycles. The largest absolute Gasteiger partial charge is 0.329 e. The molecule has 0 saturated carbocycles. The molecule has 0 radical (unpaired) electrons. The summed E-state index contributed by atoms with van der Waals surface area (Å²) in [7, 11) is 0. The molecule has 0 atom stereocenters. The molecular weight excluding hydrogens is 206 g/mol. The second-order valence-electron chi connectivity index (χ2n) is 3.47. The molecule has 3 N–H and O–H groups in total. The summed E-state index contributed by atoms with van der Waals surface area (Å²) in [5.41, 5.74) is 6.96. The molecule has 0 bridgehead atoms. The van der Waals surface area contributed by atoms with E-state index in [1.807, 2.05) is 12.1 Å². The molecule has 0 aromatic heterocycles. The molecule has 1 aromatic rings. The van der Waals surface area contributed by atoms with Crippen LogP contribution >= 0.6 is 0 Å². The molecule has 0 fully saturated rings. The third kappa shape index (κ3) is 3.22. The molecule has 0 unspecified atom stereocenters. The molecular formula is C11H16N3O2-. The van der Waals surface area contributed by atoms with Gasteiger partial charge in [-0.3, -0.25) is 10.1 Å². The Labute approximate surface area is 94.8 Å². The van der Waals surface area contributed by atoms with E-state index in [1.54, 1.807) is 12.1 Å². The highest BCUT2D eigenvalue weighted by Crippen LogP contribution is 2.19. The Morgan fingerprint density at radius 1 is 1.50 bits per heavy atom. The van der Waals surface area contributed by atoms with Gasteiger partial charge in [0, 0.05) is 13.1 Å². The van der Waals surface area contributed by atoms with E-state index < -0.39 is 0 Å². The summed E-state index contributed by atoms with van der Waals surface area (Å²) in [5, 5.41) is 13.8. The maximum atomic E-state index is 10.7. The summed E-state index contributed by atoms with van der Waals surface area (Å²) < 4.78 is 0. The van der Waals surface area contributed by atoms with Crippen LogP contribution < -0.4 is 11.1 Å². The maximum Gasteiger partial charge on any atom is 0.146 e. The number of benzene rings is 1. The van der Waals surface area contributed by atoms with Crippen molar-refractivity contribution >= 4 is 0 Å². The SMILES string of the molecule is C[C-](c1ccccc1CNCCN)[N+](=O)[O-]. The molecule has 0 amide bonds. The van der Waals surface area contributed by atoms with E-state index in [4.69, 9.17) is 5.73 Å². The minimum absolute atomic E-state index is 0.171. The van der Waals surface area contributed by atoms with Crippen molar-refractivity contribution in [3.63, 3.8) is 0 Å². The van der Waals surface area contributed by atoms with Crippen molar-refractivity contribution in [3.05, 3.63) is 51.5 Å². The summed E-state index contributed by atoms with van der Waals surface area (Å²) in [6.07, 6.45) is 0. The van der Waals surface area contributed by atoms with Gasteiger partial charge in [0.1, 0.15) is 6.04 Å². The van der Waals surface area contributed by atoms with E-state index in [9.17, 15) is 10.1 Å². The number of nitro groups is 1. The predicted octanol–water partition coefficient (Wildman–Crippen LogP) is 0.912. The lowest BCUT2D eigenvalue weighted by Gasteiger charge is -2.18. The molecule has 0 heterocycles. The molecule has 5 nitrogen and oxygen atoms in total. The van der Waals surface area contributed by atoms with Crippen molar-refractivity contribution < 1.29 is 4.92 Å². The normalized spacial score (nSPS) is 10.1. The molecule has 0 aliphatic rings. The first-order valence-corrected chi connectivity index (χ1v) is 5.14. The Kier molecular flexibility index (Phi) is 4.75. The third-order valence-electron chi connectivity index (χ3n) is 2.32. The van der Waals surface area contributed by atoms with Gasteiger partial charge in [-0.25, -0.2) is 0 Å². The molecule has 0 aliphatic heterocycles. The van der Waals surface area contributed by atoms with Gasteiger partial charge < -0.3 is 11.1 Å². The first-order valence-electron chi connectivity index (χ1n) is 5.14. The lowest BCUT2D eigenvalue weighted by atomic mass is 10.0. The summed E-state index contributed by atoms with van der Waals surface area (Å²) in [6, 6.07) is 7.49. The van der Waals surface area contributed by atoms with Gasteiger partial charge in [0.2, 0.25) is 0 Å². The van der Waals surface area contributed by atoms with Gasteiger partial charge in [0.15, 0.2) is 0 Å². The van der Waals surface area contributed by atoms with E-state index in [-0.39, 0.29) is 11.0 Å². The number of nitrogens with zero attached hydrogens (tertiary/aromatic N) is 1. The van der Waals surface area contributed by atoms with Crippen molar-refractivity contribution in [3.8, 4) is 0 Å². The zero-order valence-electron chi connectivity index (χ0n) is 9.27. The highest BCUT2D eigenvalue weighted by molar-refractivity contribution is 5.34. The van der Waals surface area contributed by atoms with Gasteiger partial charge in [-0.05, 0) is 18.4 Å². The average Bonchev–Trinajstić information content (AvgIpc) is 2.29. The fourth-order valence-electron chi connectivity index (χ4n) is 1.45. The number of nitrogens with two attached hydrogens (primary N) is 1. The Morgan fingerprint density at radius 2 is 2.19 bits per heavy atom. The second-order valence-corrected chi connectivity index (χ2v) is 3.47. The van der Waals surface area contributed by atoms with Crippen LogP contribution in [0.15, 0.2) is 24.3 Å². The molecule has 1 rings (SSSR count). The van der Waals surface area contributed by atoms with E-state index in [1.165, 1.54) is 6.92 Å². The monoisotopic (exact) mass is 222 g/mol. The molecule has 0 spiro atoms. The fraction of sp³-hybridized carbons (Fsp3) is 0.364. The maximum absolute atomic E-state index is 10.7. The summed E-state index contributed by atoms with van der Waals surface area (Å²) in [6.45, 7) is 3.37. The van der Waals surface area contributed by atoms with Gasteiger partial charge in [0.25, 0.3) is 0 Å². The van der Waals surface area contributed by atoms with Crippen LogP contribution in [0.5, 0.6) is 0 Å². The molecule has 0 saturated heterocycles. The average molecular weight is 222 g/mol. The first-order chi connectivity index (χ1) is 7.66. The van der Waals surface area contributed by atoms with Gasteiger partial charge in [-0.15, -0.1) is 23.3 Å². The van der Waals surface area contributed by atoms with E-state index in [2.05, 4.69) is 5.32 Å². The van der Waals surface area contributed by atoms with Crippen LogP contribution in [0.3, 0.4) is 0 Å². The summed E-state index contributed by atoms with van der Waals surface area (Å²) >= 11 is 0. The Morgan fingerprint density at radius 3 is 2.81 bits per heavy atom. The molecule has 0 aliphatic carbocycles. The number of rotatable bonds is 6.